The predicted molar refractivity (Wildman–Crippen MR) is 85.6 cm³/mol. The van der Waals surface area contributed by atoms with E-state index in [1.54, 1.807) is 12.1 Å². The fourth-order valence-corrected chi connectivity index (χ4v) is 2.59. The smallest absolute Gasteiger partial charge is 0.128 e. The number of anilines is 1. The van der Waals surface area contributed by atoms with E-state index in [1.807, 2.05) is 18.2 Å². The monoisotopic (exact) mass is 439 g/mol. The van der Waals surface area contributed by atoms with Crippen LogP contribution in [0.15, 0.2) is 40.9 Å². The van der Waals surface area contributed by atoms with E-state index in [9.17, 15) is 4.39 Å². The van der Waals surface area contributed by atoms with Gasteiger partial charge in [0.15, 0.2) is 0 Å². The minimum absolute atomic E-state index is 0.229. The first-order valence-electron chi connectivity index (χ1n) is 5.19. The summed E-state index contributed by atoms with van der Waals surface area (Å²) in [6.45, 7) is 0.394. The van der Waals surface area contributed by atoms with Crippen LogP contribution < -0.4 is 5.32 Å². The summed E-state index contributed by atoms with van der Waals surface area (Å²) in [5.41, 5.74) is 1.40. The van der Waals surface area contributed by atoms with Crippen LogP contribution in [0.5, 0.6) is 0 Å². The molecule has 0 aliphatic heterocycles. The summed E-state index contributed by atoms with van der Waals surface area (Å²) in [6.07, 6.45) is 0. The van der Waals surface area contributed by atoms with Crippen LogP contribution in [0.2, 0.25) is 5.02 Å². The van der Waals surface area contributed by atoms with E-state index in [0.717, 1.165) is 13.7 Å². The molecule has 2 rings (SSSR count). The molecule has 18 heavy (non-hydrogen) atoms. The molecule has 0 saturated carbocycles. The molecular formula is C13H9BrClFIN. The van der Waals surface area contributed by atoms with Crippen LogP contribution in [0.1, 0.15) is 5.56 Å². The minimum Gasteiger partial charge on any atom is -0.380 e. The van der Waals surface area contributed by atoms with Gasteiger partial charge in [-0.3, -0.25) is 0 Å². The fraction of sp³-hybridized carbons (Fsp3) is 0.0769. The van der Waals surface area contributed by atoms with Crippen molar-refractivity contribution in [2.45, 2.75) is 6.54 Å². The molecule has 0 radical (unpaired) electrons. The Kier molecular flexibility index (Phi) is 4.86. The van der Waals surface area contributed by atoms with E-state index < -0.39 is 0 Å². The fourth-order valence-electron chi connectivity index (χ4n) is 1.50. The van der Waals surface area contributed by atoms with Gasteiger partial charge in [-0.2, -0.15) is 0 Å². The third-order valence-corrected chi connectivity index (χ3v) is 3.90. The topological polar surface area (TPSA) is 12.0 Å². The lowest BCUT2D eigenvalue weighted by Gasteiger charge is -2.10. The summed E-state index contributed by atoms with van der Waals surface area (Å²) in [6, 6.07) is 10.5. The lowest BCUT2D eigenvalue weighted by Crippen LogP contribution is -2.02. The van der Waals surface area contributed by atoms with E-state index in [-0.39, 0.29) is 5.82 Å². The van der Waals surface area contributed by atoms with E-state index in [4.69, 9.17) is 11.6 Å². The molecular weight excluding hydrogens is 431 g/mol. The lowest BCUT2D eigenvalue weighted by atomic mass is 10.2. The zero-order valence-electron chi connectivity index (χ0n) is 9.18. The Morgan fingerprint density at radius 1 is 1.22 bits per heavy atom. The second-order valence-electron chi connectivity index (χ2n) is 3.71. The van der Waals surface area contributed by atoms with E-state index in [1.165, 1.54) is 6.07 Å². The van der Waals surface area contributed by atoms with E-state index >= 15 is 0 Å². The van der Waals surface area contributed by atoms with Gasteiger partial charge in [0.1, 0.15) is 5.82 Å². The molecule has 1 nitrogen and oxygen atoms in total. The molecule has 0 aliphatic rings. The van der Waals surface area contributed by atoms with Crippen LogP contribution in [-0.2, 0) is 6.54 Å². The Labute approximate surface area is 132 Å². The predicted octanol–water partition coefficient (Wildman–Crippen LogP) is 5.46. The van der Waals surface area contributed by atoms with Crippen molar-refractivity contribution in [3.63, 3.8) is 0 Å². The van der Waals surface area contributed by atoms with Gasteiger partial charge in [0.05, 0.1) is 10.7 Å². The molecule has 0 fully saturated rings. The first-order valence-corrected chi connectivity index (χ1v) is 7.44. The van der Waals surface area contributed by atoms with Gasteiger partial charge in [0, 0.05) is 20.2 Å². The molecule has 0 heterocycles. The maximum absolute atomic E-state index is 13.6. The van der Waals surface area contributed by atoms with Crippen LogP contribution in [0.4, 0.5) is 10.1 Å². The number of nitrogens with one attached hydrogen (secondary N) is 1. The van der Waals surface area contributed by atoms with Crippen LogP contribution in [0.3, 0.4) is 0 Å². The average Bonchev–Trinajstić information content (AvgIpc) is 2.34. The Balaban J connectivity index is 2.16. The quantitative estimate of drug-likeness (QED) is 0.625. The van der Waals surface area contributed by atoms with Crippen LogP contribution >= 0.6 is 50.1 Å². The maximum atomic E-state index is 13.6. The number of hydrogen-bond acceptors (Lipinski definition) is 1. The first kappa shape index (κ1) is 14.1. The summed E-state index contributed by atoms with van der Waals surface area (Å²) in [5.74, 6) is -0.229. The van der Waals surface area contributed by atoms with Crippen molar-refractivity contribution in [1.29, 1.82) is 0 Å². The molecule has 0 bridgehead atoms. The molecule has 5 heteroatoms. The average molecular weight is 440 g/mol. The van der Waals surface area contributed by atoms with Crippen molar-refractivity contribution in [2.75, 3.05) is 5.32 Å². The van der Waals surface area contributed by atoms with Gasteiger partial charge in [-0.15, -0.1) is 0 Å². The van der Waals surface area contributed by atoms with Gasteiger partial charge < -0.3 is 5.32 Å². The zero-order valence-corrected chi connectivity index (χ0v) is 13.7. The molecule has 94 valence electrons. The SMILES string of the molecule is Fc1ccc(Br)cc1CNc1cc(I)ccc1Cl. The third-order valence-electron chi connectivity index (χ3n) is 2.41. The Hall–Kier alpha value is -0.330. The summed E-state index contributed by atoms with van der Waals surface area (Å²) >= 11 is 11.6. The summed E-state index contributed by atoms with van der Waals surface area (Å²) < 4.78 is 15.5. The Morgan fingerprint density at radius 2 is 2.00 bits per heavy atom. The van der Waals surface area contributed by atoms with Crippen molar-refractivity contribution < 1.29 is 4.39 Å². The first-order chi connectivity index (χ1) is 8.56. The number of halogens is 4. The highest BCUT2D eigenvalue weighted by molar-refractivity contribution is 14.1. The second-order valence-corrected chi connectivity index (χ2v) is 6.28. The molecule has 2 aromatic carbocycles. The van der Waals surface area contributed by atoms with E-state index in [2.05, 4.69) is 43.8 Å². The Bertz CT molecular complexity index is 525. The number of rotatable bonds is 3. The molecule has 1 N–H and O–H groups in total. The normalized spacial score (nSPS) is 10.4. The molecule has 0 amide bonds. The summed E-state index contributed by atoms with van der Waals surface area (Å²) in [5, 5.41) is 3.77. The molecule has 0 aromatic heterocycles. The van der Waals surface area contributed by atoms with Crippen molar-refractivity contribution in [2.24, 2.45) is 0 Å². The number of benzene rings is 2. The van der Waals surface area contributed by atoms with Crippen LogP contribution in [0.25, 0.3) is 0 Å². The third kappa shape index (κ3) is 3.59. The Morgan fingerprint density at radius 3 is 2.78 bits per heavy atom. The maximum Gasteiger partial charge on any atom is 0.128 e. The standard InChI is InChI=1S/C13H9BrClFIN/c14-9-1-4-12(16)8(5-9)7-18-13-6-10(17)2-3-11(13)15/h1-6,18H,7H2. The van der Waals surface area contributed by atoms with Gasteiger partial charge in [-0.25, -0.2) is 4.39 Å². The van der Waals surface area contributed by atoms with Gasteiger partial charge in [-0.1, -0.05) is 27.5 Å². The summed E-state index contributed by atoms with van der Waals surface area (Å²) in [4.78, 5) is 0. The highest BCUT2D eigenvalue weighted by atomic mass is 127. The highest BCUT2D eigenvalue weighted by Crippen LogP contribution is 2.25. The number of hydrogen-bond donors (Lipinski definition) is 1. The minimum atomic E-state index is -0.229. The van der Waals surface area contributed by atoms with Gasteiger partial charge in [0.25, 0.3) is 0 Å². The van der Waals surface area contributed by atoms with Gasteiger partial charge >= 0.3 is 0 Å². The molecule has 0 saturated heterocycles. The van der Waals surface area contributed by atoms with Crippen molar-refractivity contribution in [1.82, 2.24) is 0 Å². The van der Waals surface area contributed by atoms with Crippen molar-refractivity contribution >= 4 is 55.8 Å². The summed E-state index contributed by atoms with van der Waals surface area (Å²) in [7, 11) is 0. The molecule has 0 spiro atoms. The highest BCUT2D eigenvalue weighted by Gasteiger charge is 2.05. The second kappa shape index (κ2) is 6.21. The van der Waals surface area contributed by atoms with Crippen LogP contribution in [-0.4, -0.2) is 0 Å². The van der Waals surface area contributed by atoms with Gasteiger partial charge in [-0.05, 0) is 59.0 Å². The van der Waals surface area contributed by atoms with Crippen molar-refractivity contribution in [3.8, 4) is 0 Å². The lowest BCUT2D eigenvalue weighted by molar-refractivity contribution is 0.612. The van der Waals surface area contributed by atoms with E-state index in [0.29, 0.717) is 17.1 Å². The molecule has 2 aromatic rings. The van der Waals surface area contributed by atoms with Crippen molar-refractivity contribution in [3.05, 3.63) is 60.8 Å². The van der Waals surface area contributed by atoms with Crippen LogP contribution in [0, 0.1) is 9.39 Å². The molecule has 0 unspecified atom stereocenters. The largest absolute Gasteiger partial charge is 0.380 e. The molecule has 0 aliphatic carbocycles. The molecule has 0 atom stereocenters. The zero-order chi connectivity index (χ0) is 13.1. The van der Waals surface area contributed by atoms with Gasteiger partial charge in [0.2, 0.25) is 0 Å².